The molecule has 0 radical (unpaired) electrons. The summed E-state index contributed by atoms with van der Waals surface area (Å²) in [6, 6.07) is 11.8. The fourth-order valence-electron chi connectivity index (χ4n) is 4.59. The van der Waals surface area contributed by atoms with Crippen LogP contribution >= 0.6 is 0 Å². The molecule has 1 aliphatic rings. The van der Waals surface area contributed by atoms with Gasteiger partial charge in [0, 0.05) is 44.2 Å². The van der Waals surface area contributed by atoms with Gasteiger partial charge in [-0.1, -0.05) is 29.8 Å². The Morgan fingerprint density at radius 1 is 1.16 bits per heavy atom. The van der Waals surface area contributed by atoms with E-state index in [1.165, 1.54) is 0 Å². The van der Waals surface area contributed by atoms with Gasteiger partial charge in [0.1, 0.15) is 17.6 Å². The third-order valence-electron chi connectivity index (χ3n) is 6.76. The minimum absolute atomic E-state index is 0.233. The maximum absolute atomic E-state index is 13.4. The Bertz CT molecular complexity index is 1480. The van der Waals surface area contributed by atoms with Crippen molar-refractivity contribution in [2.24, 2.45) is 7.05 Å². The summed E-state index contributed by atoms with van der Waals surface area (Å²) in [6.07, 6.45) is 5.23. The summed E-state index contributed by atoms with van der Waals surface area (Å²) in [5, 5.41) is 20.1. The van der Waals surface area contributed by atoms with Crippen LogP contribution < -0.4 is 10.6 Å². The van der Waals surface area contributed by atoms with Crippen LogP contribution in [-0.4, -0.2) is 65.3 Å². The van der Waals surface area contributed by atoms with Gasteiger partial charge in [0.2, 0.25) is 11.9 Å². The summed E-state index contributed by atoms with van der Waals surface area (Å²) in [5.41, 5.74) is 3.79. The van der Waals surface area contributed by atoms with Gasteiger partial charge in [-0.05, 0) is 31.5 Å². The average Bonchev–Trinajstić information content (AvgIpc) is 3.54. The molecular formula is C27H30N8O3. The number of carbonyl (C=O) groups excluding carboxylic acids is 2. The molecule has 0 unspecified atom stereocenters. The minimum atomic E-state index is -0.706. The van der Waals surface area contributed by atoms with Crippen LogP contribution in [0.2, 0.25) is 0 Å². The summed E-state index contributed by atoms with van der Waals surface area (Å²) < 4.78 is 3.57. The van der Waals surface area contributed by atoms with Crippen molar-refractivity contribution in [3.8, 4) is 11.3 Å². The number of aryl methyl sites for hydroxylation is 2. The molecule has 2 amide bonds. The molecule has 3 aromatic heterocycles. The zero-order valence-electron chi connectivity index (χ0n) is 21.5. The first kappa shape index (κ1) is 25.2. The number of amides is 2. The van der Waals surface area contributed by atoms with E-state index in [-0.39, 0.29) is 18.4 Å². The smallest absolute Gasteiger partial charge is 0.271 e. The number of aliphatic hydroxyl groups excluding tert-OH is 1. The molecule has 2 atom stereocenters. The number of nitrogens with one attached hydrogen (secondary N) is 2. The van der Waals surface area contributed by atoms with Crippen molar-refractivity contribution in [3.63, 3.8) is 0 Å². The highest BCUT2D eigenvalue weighted by Crippen LogP contribution is 2.26. The number of carbonyl (C=O) groups is 2. The summed E-state index contributed by atoms with van der Waals surface area (Å²) in [6.45, 7) is 4.36. The molecule has 11 heteroatoms. The van der Waals surface area contributed by atoms with Crippen LogP contribution in [0.15, 0.2) is 61.1 Å². The number of fused-ring (bicyclic) bond motifs is 1. The van der Waals surface area contributed by atoms with E-state index in [2.05, 4.69) is 25.7 Å². The van der Waals surface area contributed by atoms with Crippen molar-refractivity contribution in [2.75, 3.05) is 18.5 Å². The highest BCUT2D eigenvalue weighted by atomic mass is 16.3. The molecule has 0 fully saturated rings. The van der Waals surface area contributed by atoms with Gasteiger partial charge in [0.05, 0.1) is 24.5 Å². The van der Waals surface area contributed by atoms with Gasteiger partial charge in [0.25, 0.3) is 5.91 Å². The van der Waals surface area contributed by atoms with Gasteiger partial charge < -0.3 is 25.2 Å². The number of benzene rings is 1. The largest absolute Gasteiger partial charge is 0.394 e. The third kappa shape index (κ3) is 5.00. The van der Waals surface area contributed by atoms with Gasteiger partial charge in [-0.2, -0.15) is 5.10 Å². The maximum Gasteiger partial charge on any atom is 0.271 e. The fraction of sp³-hybridized carbons (Fsp3) is 0.296. The first-order valence-corrected chi connectivity index (χ1v) is 12.4. The van der Waals surface area contributed by atoms with Gasteiger partial charge in [0.15, 0.2) is 0 Å². The molecule has 4 aromatic rings. The van der Waals surface area contributed by atoms with E-state index < -0.39 is 12.1 Å². The van der Waals surface area contributed by atoms with Gasteiger partial charge in [-0.25, -0.2) is 9.97 Å². The van der Waals surface area contributed by atoms with Crippen LogP contribution in [0.3, 0.4) is 0 Å². The summed E-state index contributed by atoms with van der Waals surface area (Å²) in [7, 11) is 1.82. The number of aliphatic hydroxyl groups is 1. The Balaban J connectivity index is 1.30. The van der Waals surface area contributed by atoms with E-state index in [1.54, 1.807) is 41.0 Å². The normalized spacial score (nSPS) is 14.6. The third-order valence-corrected chi connectivity index (χ3v) is 6.76. The van der Waals surface area contributed by atoms with E-state index in [0.29, 0.717) is 30.4 Å². The van der Waals surface area contributed by atoms with Crippen molar-refractivity contribution in [1.82, 2.24) is 34.5 Å². The van der Waals surface area contributed by atoms with Crippen LogP contribution in [0.25, 0.3) is 11.3 Å². The lowest BCUT2D eigenvalue weighted by molar-refractivity contribution is -0.126. The Kier molecular flexibility index (Phi) is 6.93. The predicted octanol–water partition coefficient (Wildman–Crippen LogP) is 2.42. The summed E-state index contributed by atoms with van der Waals surface area (Å²) in [5.74, 6) is 0.618. The van der Waals surface area contributed by atoms with Crippen molar-refractivity contribution < 1.29 is 14.7 Å². The van der Waals surface area contributed by atoms with Crippen LogP contribution in [-0.2, 0) is 18.4 Å². The molecule has 38 heavy (non-hydrogen) atoms. The van der Waals surface area contributed by atoms with E-state index >= 15 is 0 Å². The fourth-order valence-corrected chi connectivity index (χ4v) is 4.59. The lowest BCUT2D eigenvalue weighted by atomic mass is 10.0. The molecule has 5 rings (SSSR count). The zero-order chi connectivity index (χ0) is 26.8. The van der Waals surface area contributed by atoms with E-state index in [9.17, 15) is 14.7 Å². The average molecular weight is 515 g/mol. The summed E-state index contributed by atoms with van der Waals surface area (Å²) in [4.78, 5) is 37.0. The van der Waals surface area contributed by atoms with Crippen molar-refractivity contribution in [1.29, 1.82) is 0 Å². The molecule has 0 spiro atoms. The van der Waals surface area contributed by atoms with Crippen molar-refractivity contribution in [3.05, 3.63) is 77.9 Å². The van der Waals surface area contributed by atoms with Crippen LogP contribution in [0.5, 0.6) is 0 Å². The highest BCUT2D eigenvalue weighted by Gasteiger charge is 2.33. The number of hydrogen-bond donors (Lipinski definition) is 3. The Hall–Kier alpha value is -4.51. The SMILES string of the molecule is Cc1cccc([C@@H](CO)NC(=O)[C@@H](C)N2CCn3cc(-c4ccnc(Nc5ccnn5C)n4)cc3C2=O)c1. The zero-order valence-corrected chi connectivity index (χ0v) is 21.5. The molecule has 0 saturated heterocycles. The minimum Gasteiger partial charge on any atom is -0.394 e. The standard InChI is InChI=1S/C27H30N8O3/c1-17-5-4-6-19(13-17)22(16-36)30-25(37)18(2)35-12-11-34-15-20(14-23(34)26(35)38)21-7-9-28-27(31-21)32-24-8-10-29-33(24)3/h4-10,13-15,18,22,36H,11-12,16H2,1-3H3,(H,30,37)(H,28,31,32)/t18-,22-/m1/s1. The number of nitrogens with zero attached hydrogens (tertiary/aromatic N) is 6. The molecule has 196 valence electrons. The van der Waals surface area contributed by atoms with Gasteiger partial charge >= 0.3 is 0 Å². The molecule has 0 bridgehead atoms. The van der Waals surface area contributed by atoms with Gasteiger partial charge in [-0.15, -0.1) is 0 Å². The topological polar surface area (TPSA) is 130 Å². The molecule has 4 heterocycles. The number of rotatable bonds is 8. The molecule has 1 aromatic carbocycles. The first-order chi connectivity index (χ1) is 18.3. The molecular weight excluding hydrogens is 484 g/mol. The Labute approximate surface area is 220 Å². The highest BCUT2D eigenvalue weighted by molar-refractivity contribution is 5.98. The lowest BCUT2D eigenvalue weighted by Gasteiger charge is -2.33. The van der Waals surface area contributed by atoms with Crippen LogP contribution in [0.4, 0.5) is 11.8 Å². The quantitative estimate of drug-likeness (QED) is 0.329. The molecule has 1 aliphatic heterocycles. The monoisotopic (exact) mass is 514 g/mol. The maximum atomic E-state index is 13.4. The Morgan fingerprint density at radius 3 is 2.74 bits per heavy atom. The number of hydrogen-bond acceptors (Lipinski definition) is 7. The van der Waals surface area contributed by atoms with Gasteiger partial charge in [-0.3, -0.25) is 14.3 Å². The second kappa shape index (κ2) is 10.5. The second-order valence-corrected chi connectivity index (χ2v) is 9.37. The molecule has 3 N–H and O–H groups in total. The predicted molar refractivity (Wildman–Crippen MR) is 142 cm³/mol. The number of anilines is 2. The summed E-state index contributed by atoms with van der Waals surface area (Å²) >= 11 is 0. The Morgan fingerprint density at radius 2 is 2.00 bits per heavy atom. The lowest BCUT2D eigenvalue weighted by Crippen LogP contribution is -2.52. The molecule has 0 saturated carbocycles. The van der Waals surface area contributed by atoms with E-state index in [1.807, 2.05) is 55.1 Å². The van der Waals surface area contributed by atoms with Crippen molar-refractivity contribution >= 4 is 23.6 Å². The first-order valence-electron chi connectivity index (χ1n) is 12.4. The van der Waals surface area contributed by atoms with Crippen molar-refractivity contribution in [2.45, 2.75) is 32.5 Å². The second-order valence-electron chi connectivity index (χ2n) is 9.37. The molecule has 0 aliphatic carbocycles. The van der Waals surface area contributed by atoms with Crippen LogP contribution in [0.1, 0.15) is 34.6 Å². The number of aromatic nitrogens is 5. The van der Waals surface area contributed by atoms with E-state index in [4.69, 9.17) is 0 Å². The van der Waals surface area contributed by atoms with E-state index in [0.717, 1.165) is 22.5 Å². The van der Waals surface area contributed by atoms with Crippen LogP contribution in [0, 0.1) is 6.92 Å². The molecule has 11 nitrogen and oxygen atoms in total.